The van der Waals surface area contributed by atoms with Gasteiger partial charge in [0.1, 0.15) is 0 Å². The number of rotatable bonds is 8. The zero-order chi connectivity index (χ0) is 18.3. The first-order chi connectivity index (χ1) is 11.9. The topological polar surface area (TPSA) is 59.6 Å². The van der Waals surface area contributed by atoms with Crippen molar-refractivity contribution in [3.63, 3.8) is 0 Å². The summed E-state index contributed by atoms with van der Waals surface area (Å²) in [5.74, 6) is 1.81. The Morgan fingerprint density at radius 1 is 1.28 bits per heavy atom. The van der Waals surface area contributed by atoms with Gasteiger partial charge in [0.05, 0.1) is 13.7 Å². The molecule has 1 aliphatic heterocycles. The number of piperidine rings is 1. The van der Waals surface area contributed by atoms with Gasteiger partial charge in [-0.2, -0.15) is 0 Å². The lowest BCUT2D eigenvalue weighted by atomic mass is 9.81. The summed E-state index contributed by atoms with van der Waals surface area (Å²) < 4.78 is 11.2. The van der Waals surface area contributed by atoms with Gasteiger partial charge in [-0.05, 0) is 61.9 Å². The van der Waals surface area contributed by atoms with Gasteiger partial charge in [0.2, 0.25) is 0 Å². The second kappa shape index (κ2) is 9.09. The smallest absolute Gasteiger partial charge is 0.251 e. The van der Waals surface area contributed by atoms with Gasteiger partial charge in [0, 0.05) is 12.1 Å². The van der Waals surface area contributed by atoms with Crippen LogP contribution in [0.1, 0.15) is 50.4 Å². The molecule has 2 rings (SSSR count). The lowest BCUT2D eigenvalue weighted by Crippen LogP contribution is -2.42. The van der Waals surface area contributed by atoms with E-state index in [9.17, 15) is 4.79 Å². The Bertz CT molecular complexity index is 566. The minimum absolute atomic E-state index is 0.0632. The summed E-state index contributed by atoms with van der Waals surface area (Å²) in [6, 6.07) is 5.37. The molecule has 1 fully saturated rings. The highest BCUT2D eigenvalue weighted by atomic mass is 16.5. The Kier molecular flexibility index (Phi) is 7.12. The molecule has 0 bridgehead atoms. The van der Waals surface area contributed by atoms with Gasteiger partial charge < -0.3 is 20.1 Å². The molecule has 1 aromatic rings. The van der Waals surface area contributed by atoms with E-state index in [1.807, 2.05) is 6.07 Å². The van der Waals surface area contributed by atoms with Gasteiger partial charge in [-0.1, -0.05) is 20.8 Å². The van der Waals surface area contributed by atoms with E-state index in [4.69, 9.17) is 9.47 Å². The fourth-order valence-electron chi connectivity index (χ4n) is 2.94. The molecule has 1 heterocycles. The molecule has 0 aromatic heterocycles. The number of ether oxygens (including phenoxy) is 2. The van der Waals surface area contributed by atoms with Crippen molar-refractivity contribution in [1.82, 2.24) is 10.6 Å². The summed E-state index contributed by atoms with van der Waals surface area (Å²) in [6.07, 6.45) is 3.15. The van der Waals surface area contributed by atoms with Crippen LogP contribution in [0.4, 0.5) is 0 Å². The average molecular weight is 348 g/mol. The van der Waals surface area contributed by atoms with Crippen molar-refractivity contribution < 1.29 is 14.3 Å². The van der Waals surface area contributed by atoms with Crippen LogP contribution >= 0.6 is 0 Å². The first-order valence-electron chi connectivity index (χ1n) is 9.23. The number of carbonyl (C=O) groups is 1. The molecule has 1 aliphatic rings. The predicted octanol–water partition coefficient (Wildman–Crippen LogP) is 3.24. The average Bonchev–Trinajstić information content (AvgIpc) is 2.60. The first kappa shape index (κ1) is 19.6. The molecule has 5 nitrogen and oxygen atoms in total. The summed E-state index contributed by atoms with van der Waals surface area (Å²) in [6.45, 7) is 9.94. The van der Waals surface area contributed by atoms with Gasteiger partial charge in [-0.3, -0.25) is 4.79 Å². The molecule has 1 aromatic carbocycles. The minimum Gasteiger partial charge on any atom is -0.493 e. The van der Waals surface area contributed by atoms with Gasteiger partial charge >= 0.3 is 0 Å². The molecule has 0 saturated carbocycles. The van der Waals surface area contributed by atoms with E-state index in [2.05, 4.69) is 31.4 Å². The van der Waals surface area contributed by atoms with Crippen LogP contribution in [0.15, 0.2) is 18.2 Å². The molecular formula is C20H32N2O3. The molecule has 0 spiro atoms. The fourth-order valence-corrected chi connectivity index (χ4v) is 2.94. The second-order valence-corrected chi connectivity index (χ2v) is 7.64. The molecule has 1 amide bonds. The van der Waals surface area contributed by atoms with Crippen molar-refractivity contribution in [3.8, 4) is 11.5 Å². The van der Waals surface area contributed by atoms with Crippen molar-refractivity contribution in [1.29, 1.82) is 0 Å². The number of amides is 1. The van der Waals surface area contributed by atoms with Crippen LogP contribution in [0, 0.1) is 11.3 Å². The number of methoxy groups -OCH3 is 1. The molecule has 140 valence electrons. The van der Waals surface area contributed by atoms with Gasteiger partial charge in [0.15, 0.2) is 11.5 Å². The number of carbonyl (C=O) groups excluding carboxylic acids is 1. The zero-order valence-corrected chi connectivity index (χ0v) is 16.0. The molecule has 0 radical (unpaired) electrons. The van der Waals surface area contributed by atoms with E-state index in [1.165, 1.54) is 0 Å². The highest BCUT2D eigenvalue weighted by Crippen LogP contribution is 2.29. The Labute approximate surface area is 151 Å². The van der Waals surface area contributed by atoms with Crippen molar-refractivity contribution in [3.05, 3.63) is 23.8 Å². The van der Waals surface area contributed by atoms with E-state index in [0.717, 1.165) is 32.4 Å². The zero-order valence-electron chi connectivity index (χ0n) is 16.0. The molecular weight excluding hydrogens is 316 g/mol. The molecule has 25 heavy (non-hydrogen) atoms. The largest absolute Gasteiger partial charge is 0.493 e. The maximum atomic E-state index is 12.5. The van der Waals surface area contributed by atoms with Gasteiger partial charge in [-0.15, -0.1) is 0 Å². The van der Waals surface area contributed by atoms with E-state index in [-0.39, 0.29) is 11.3 Å². The van der Waals surface area contributed by atoms with Crippen LogP contribution in [-0.4, -0.2) is 39.3 Å². The number of benzene rings is 1. The Morgan fingerprint density at radius 2 is 2.00 bits per heavy atom. The molecule has 0 aliphatic carbocycles. The van der Waals surface area contributed by atoms with Crippen LogP contribution < -0.4 is 20.1 Å². The summed E-state index contributed by atoms with van der Waals surface area (Å²) in [4.78, 5) is 12.5. The monoisotopic (exact) mass is 348 g/mol. The molecule has 5 heteroatoms. The molecule has 0 unspecified atom stereocenters. The van der Waals surface area contributed by atoms with Crippen LogP contribution in [0.2, 0.25) is 0 Å². The normalized spacial score (nSPS) is 16.5. The van der Waals surface area contributed by atoms with E-state index >= 15 is 0 Å². The summed E-state index contributed by atoms with van der Waals surface area (Å²) >= 11 is 0. The molecule has 0 atom stereocenters. The highest BCUT2D eigenvalue weighted by molar-refractivity contribution is 5.94. The van der Waals surface area contributed by atoms with E-state index < -0.39 is 0 Å². The van der Waals surface area contributed by atoms with E-state index in [0.29, 0.717) is 36.1 Å². The maximum absolute atomic E-state index is 12.5. The van der Waals surface area contributed by atoms with Gasteiger partial charge in [-0.25, -0.2) is 0 Å². The van der Waals surface area contributed by atoms with Crippen molar-refractivity contribution in [2.24, 2.45) is 11.3 Å². The quantitative estimate of drug-likeness (QED) is 0.757. The Balaban J connectivity index is 1.95. The lowest BCUT2D eigenvalue weighted by Gasteiger charge is -2.34. The van der Waals surface area contributed by atoms with Crippen molar-refractivity contribution in [2.45, 2.75) is 40.0 Å². The standard InChI is InChI=1S/C20H32N2O3/c1-15(2)7-12-25-17-6-5-16(13-18(17)24-4)19(23)22-14-20(3)8-10-21-11-9-20/h5-6,13,15,21H,7-12,14H2,1-4H3,(H,22,23). The number of nitrogens with one attached hydrogen (secondary N) is 2. The van der Waals surface area contributed by atoms with Crippen molar-refractivity contribution in [2.75, 3.05) is 33.4 Å². The van der Waals surface area contributed by atoms with Crippen LogP contribution in [0.3, 0.4) is 0 Å². The second-order valence-electron chi connectivity index (χ2n) is 7.64. The van der Waals surface area contributed by atoms with Crippen LogP contribution in [0.5, 0.6) is 11.5 Å². The summed E-state index contributed by atoms with van der Waals surface area (Å²) in [5.41, 5.74) is 0.774. The molecule has 2 N–H and O–H groups in total. The van der Waals surface area contributed by atoms with Crippen LogP contribution in [0.25, 0.3) is 0 Å². The highest BCUT2D eigenvalue weighted by Gasteiger charge is 2.27. The minimum atomic E-state index is -0.0632. The van der Waals surface area contributed by atoms with Crippen LogP contribution in [-0.2, 0) is 0 Å². The third-order valence-corrected chi connectivity index (χ3v) is 4.86. The number of hydrogen-bond donors (Lipinski definition) is 2. The third kappa shape index (κ3) is 5.92. The maximum Gasteiger partial charge on any atom is 0.251 e. The Morgan fingerprint density at radius 3 is 2.64 bits per heavy atom. The SMILES string of the molecule is COc1cc(C(=O)NCC2(C)CCNCC2)ccc1OCCC(C)C. The number of hydrogen-bond acceptors (Lipinski definition) is 4. The lowest BCUT2D eigenvalue weighted by molar-refractivity contribution is 0.0922. The molecule has 1 saturated heterocycles. The van der Waals surface area contributed by atoms with Crippen molar-refractivity contribution >= 4 is 5.91 Å². The third-order valence-electron chi connectivity index (χ3n) is 4.86. The van der Waals surface area contributed by atoms with Gasteiger partial charge in [0.25, 0.3) is 5.91 Å². The van der Waals surface area contributed by atoms with E-state index in [1.54, 1.807) is 19.2 Å². The first-order valence-corrected chi connectivity index (χ1v) is 9.23. The summed E-state index contributed by atoms with van der Waals surface area (Å²) in [7, 11) is 1.60. The Hall–Kier alpha value is -1.75. The predicted molar refractivity (Wildman–Crippen MR) is 100 cm³/mol. The fraction of sp³-hybridized carbons (Fsp3) is 0.650. The summed E-state index contributed by atoms with van der Waals surface area (Å²) in [5, 5.41) is 6.44.